The molecule has 0 spiro atoms. The molecule has 1 saturated heterocycles. The lowest BCUT2D eigenvalue weighted by atomic mass is 9.99. The molecule has 1 aromatic rings. The average molecular weight is 395 g/mol. The van der Waals surface area contributed by atoms with Crippen molar-refractivity contribution in [3.05, 3.63) is 35.9 Å². The molecule has 1 atom stereocenters. The number of benzene rings is 1. The molecule has 1 fully saturated rings. The molecule has 6 nitrogen and oxygen atoms in total. The number of piperazine rings is 1. The molecule has 1 heterocycles. The normalized spacial score (nSPS) is 16.9. The summed E-state index contributed by atoms with van der Waals surface area (Å²) >= 11 is 0. The van der Waals surface area contributed by atoms with Crippen molar-refractivity contribution in [1.29, 1.82) is 0 Å². The predicted octanol–water partition coefficient (Wildman–Crippen LogP) is 2.45. The van der Waals surface area contributed by atoms with Gasteiger partial charge in [0.25, 0.3) is 0 Å². The van der Waals surface area contributed by atoms with E-state index in [0.29, 0.717) is 32.6 Å². The van der Waals surface area contributed by atoms with Crippen molar-refractivity contribution in [2.45, 2.75) is 45.3 Å². The van der Waals surface area contributed by atoms with Crippen LogP contribution in [-0.4, -0.2) is 55.5 Å². The zero-order valence-electron chi connectivity index (χ0n) is 16.3. The van der Waals surface area contributed by atoms with Crippen LogP contribution < -0.4 is 0 Å². The molecule has 0 saturated carbocycles. The van der Waals surface area contributed by atoms with Gasteiger partial charge >= 0.3 is 0 Å². The van der Waals surface area contributed by atoms with Gasteiger partial charge in [-0.05, 0) is 25.3 Å². The van der Waals surface area contributed by atoms with Crippen LogP contribution in [0.4, 0.5) is 0 Å². The first-order chi connectivity index (χ1) is 12.8. The summed E-state index contributed by atoms with van der Waals surface area (Å²) in [4.78, 5) is 25.3. The number of rotatable bonds is 9. The molecule has 0 aliphatic carbocycles. The molecular weight excluding hydrogens is 364 g/mol. The van der Waals surface area contributed by atoms with E-state index in [0.717, 1.165) is 24.8 Å². The molecule has 0 radical (unpaired) electrons. The number of nitrogens with zero attached hydrogens (tertiary/aromatic N) is 2. The van der Waals surface area contributed by atoms with Gasteiger partial charge in [0.05, 0.1) is 5.75 Å². The van der Waals surface area contributed by atoms with Gasteiger partial charge in [0, 0.05) is 38.5 Å². The van der Waals surface area contributed by atoms with Crippen LogP contribution in [0.15, 0.2) is 30.3 Å². The summed E-state index contributed by atoms with van der Waals surface area (Å²) in [5.41, 5.74) is 0.774. The van der Waals surface area contributed by atoms with E-state index in [2.05, 4.69) is 0 Å². The Morgan fingerprint density at radius 3 is 2.26 bits per heavy atom. The van der Waals surface area contributed by atoms with Gasteiger partial charge in [0.1, 0.15) is 5.78 Å². The minimum Gasteiger partial charge on any atom is -0.340 e. The van der Waals surface area contributed by atoms with Gasteiger partial charge in [-0.15, -0.1) is 0 Å². The molecule has 0 aromatic heterocycles. The van der Waals surface area contributed by atoms with E-state index in [4.69, 9.17) is 0 Å². The SMILES string of the molecule is CC(=O)[C@H](C)CCCCC(=O)N1CCN(S(=O)(=O)Cc2ccccc2)CC1. The third-order valence-electron chi connectivity index (χ3n) is 5.15. The number of hydrogen-bond acceptors (Lipinski definition) is 4. The molecule has 1 amide bonds. The highest BCUT2D eigenvalue weighted by Crippen LogP contribution is 2.15. The predicted molar refractivity (Wildman–Crippen MR) is 106 cm³/mol. The smallest absolute Gasteiger partial charge is 0.222 e. The fourth-order valence-electron chi connectivity index (χ4n) is 3.18. The van der Waals surface area contributed by atoms with E-state index in [1.54, 1.807) is 11.8 Å². The Bertz CT molecular complexity index is 726. The summed E-state index contributed by atoms with van der Waals surface area (Å²) in [5, 5.41) is 0. The maximum Gasteiger partial charge on any atom is 0.222 e. The van der Waals surface area contributed by atoms with E-state index in [9.17, 15) is 18.0 Å². The molecule has 1 aliphatic rings. The number of Topliss-reactive ketones (excluding diaryl/α,β-unsaturated/α-hetero) is 1. The molecule has 0 bridgehead atoms. The van der Waals surface area contributed by atoms with Crippen molar-refractivity contribution in [2.75, 3.05) is 26.2 Å². The first-order valence-electron chi connectivity index (χ1n) is 9.59. The van der Waals surface area contributed by atoms with Gasteiger partial charge in [0.15, 0.2) is 0 Å². The number of unbranched alkanes of at least 4 members (excludes halogenated alkanes) is 1. The maximum atomic E-state index is 12.6. The Labute approximate surface area is 162 Å². The van der Waals surface area contributed by atoms with Gasteiger partial charge in [-0.3, -0.25) is 9.59 Å². The third kappa shape index (κ3) is 6.74. The van der Waals surface area contributed by atoms with Crippen molar-refractivity contribution in [2.24, 2.45) is 5.92 Å². The number of carbonyl (C=O) groups is 2. The second-order valence-electron chi connectivity index (χ2n) is 7.28. The lowest BCUT2D eigenvalue weighted by Gasteiger charge is -2.34. The minimum atomic E-state index is -3.36. The number of amides is 1. The first kappa shape index (κ1) is 21.6. The molecule has 0 unspecified atom stereocenters. The molecule has 7 heteroatoms. The Balaban J connectivity index is 1.74. The third-order valence-corrected chi connectivity index (χ3v) is 7.00. The maximum absolute atomic E-state index is 12.6. The van der Waals surface area contributed by atoms with Crippen molar-refractivity contribution >= 4 is 21.7 Å². The molecule has 2 rings (SSSR count). The zero-order chi connectivity index (χ0) is 19.9. The van der Waals surface area contributed by atoms with Gasteiger partial charge in [-0.1, -0.05) is 43.7 Å². The van der Waals surface area contributed by atoms with E-state index in [1.807, 2.05) is 37.3 Å². The topological polar surface area (TPSA) is 74.8 Å². The van der Waals surface area contributed by atoms with Gasteiger partial charge < -0.3 is 4.90 Å². The van der Waals surface area contributed by atoms with Crippen LogP contribution in [0.5, 0.6) is 0 Å². The second-order valence-corrected chi connectivity index (χ2v) is 9.25. The Kier molecular flexibility index (Phi) is 7.98. The van der Waals surface area contributed by atoms with Crippen molar-refractivity contribution < 1.29 is 18.0 Å². The number of sulfonamides is 1. The highest BCUT2D eigenvalue weighted by atomic mass is 32.2. The molecule has 27 heavy (non-hydrogen) atoms. The van der Waals surface area contributed by atoms with E-state index in [1.165, 1.54) is 4.31 Å². The van der Waals surface area contributed by atoms with E-state index >= 15 is 0 Å². The Morgan fingerprint density at radius 1 is 1.04 bits per heavy atom. The molecule has 0 N–H and O–H groups in total. The summed E-state index contributed by atoms with van der Waals surface area (Å²) in [6.45, 7) is 5.10. The van der Waals surface area contributed by atoms with Crippen LogP contribution in [0, 0.1) is 5.92 Å². The highest BCUT2D eigenvalue weighted by molar-refractivity contribution is 7.88. The molecule has 1 aliphatic heterocycles. The van der Waals surface area contributed by atoms with Gasteiger partial charge in [0.2, 0.25) is 15.9 Å². The standard InChI is InChI=1S/C20H30N2O4S/c1-17(18(2)23)8-6-7-11-20(24)21-12-14-22(15-13-21)27(25,26)16-19-9-4-3-5-10-19/h3-5,9-10,17H,6-8,11-16H2,1-2H3/t17-/m1/s1. The lowest BCUT2D eigenvalue weighted by molar-refractivity contribution is -0.132. The Hall–Kier alpha value is -1.73. The fraction of sp³-hybridized carbons (Fsp3) is 0.600. The number of ketones is 1. The second kappa shape index (κ2) is 9.99. The average Bonchev–Trinajstić information content (AvgIpc) is 2.65. The monoisotopic (exact) mass is 394 g/mol. The number of carbonyl (C=O) groups excluding carboxylic acids is 2. The summed E-state index contributed by atoms with van der Waals surface area (Å²) in [5.74, 6) is 0.314. The lowest BCUT2D eigenvalue weighted by Crippen LogP contribution is -2.50. The van der Waals surface area contributed by atoms with Crippen molar-refractivity contribution in [3.8, 4) is 0 Å². The van der Waals surface area contributed by atoms with Gasteiger partial charge in [-0.2, -0.15) is 4.31 Å². The minimum absolute atomic E-state index is 0.00385. The number of hydrogen-bond donors (Lipinski definition) is 0. The van der Waals surface area contributed by atoms with Crippen LogP contribution in [0.25, 0.3) is 0 Å². The van der Waals surface area contributed by atoms with Crippen LogP contribution in [-0.2, 0) is 25.4 Å². The fourth-order valence-corrected chi connectivity index (χ4v) is 4.70. The molecule has 150 valence electrons. The van der Waals surface area contributed by atoms with Crippen LogP contribution >= 0.6 is 0 Å². The molecule has 1 aromatic carbocycles. The summed E-state index contributed by atoms with van der Waals surface area (Å²) in [6, 6.07) is 9.15. The largest absolute Gasteiger partial charge is 0.340 e. The van der Waals surface area contributed by atoms with Crippen molar-refractivity contribution in [1.82, 2.24) is 9.21 Å². The Morgan fingerprint density at radius 2 is 1.67 bits per heavy atom. The molecular formula is C20H30N2O4S. The zero-order valence-corrected chi connectivity index (χ0v) is 17.1. The van der Waals surface area contributed by atoms with Crippen molar-refractivity contribution in [3.63, 3.8) is 0 Å². The summed E-state index contributed by atoms with van der Waals surface area (Å²) in [7, 11) is -3.36. The van der Waals surface area contributed by atoms with E-state index in [-0.39, 0.29) is 23.4 Å². The summed E-state index contributed by atoms with van der Waals surface area (Å²) < 4.78 is 26.6. The first-order valence-corrected chi connectivity index (χ1v) is 11.2. The van der Waals surface area contributed by atoms with Crippen LogP contribution in [0.1, 0.15) is 45.1 Å². The quantitative estimate of drug-likeness (QED) is 0.603. The summed E-state index contributed by atoms with van der Waals surface area (Å²) in [6.07, 6.45) is 2.90. The highest BCUT2D eigenvalue weighted by Gasteiger charge is 2.28. The van der Waals surface area contributed by atoms with Crippen LogP contribution in [0.2, 0.25) is 0 Å². The van der Waals surface area contributed by atoms with Gasteiger partial charge in [-0.25, -0.2) is 8.42 Å². The van der Waals surface area contributed by atoms with E-state index < -0.39 is 10.0 Å². The van der Waals surface area contributed by atoms with Crippen LogP contribution in [0.3, 0.4) is 0 Å².